The van der Waals surface area contributed by atoms with Crippen molar-refractivity contribution in [2.75, 3.05) is 5.32 Å². The Hall–Kier alpha value is -2.89. The second kappa shape index (κ2) is 5.18. The van der Waals surface area contributed by atoms with E-state index in [1.807, 2.05) is 0 Å². The molecule has 1 aromatic carbocycles. The third-order valence-corrected chi connectivity index (χ3v) is 2.44. The van der Waals surface area contributed by atoms with Crippen molar-refractivity contribution in [3.8, 4) is 0 Å². The number of carbonyl (C=O) groups excluding carboxylic acids is 1. The maximum atomic E-state index is 10.9. The standard InChI is InChI=1S/C13H11N3O3/c14-12(17)8-1-3-9(4-2-8)16-10-5-6-15-11(7-10)13(18)19/h1-7H,(H2,14,17)(H,15,16)(H,18,19). The number of rotatable bonds is 4. The molecule has 2 aromatic rings. The zero-order valence-electron chi connectivity index (χ0n) is 9.83. The zero-order chi connectivity index (χ0) is 13.8. The number of pyridine rings is 1. The summed E-state index contributed by atoms with van der Waals surface area (Å²) in [5.41, 5.74) is 6.81. The number of amides is 1. The topological polar surface area (TPSA) is 105 Å². The van der Waals surface area contributed by atoms with Crippen LogP contribution in [0.25, 0.3) is 0 Å². The van der Waals surface area contributed by atoms with Crippen LogP contribution in [0.1, 0.15) is 20.8 Å². The number of carbonyl (C=O) groups is 2. The number of nitrogens with two attached hydrogens (primary N) is 1. The smallest absolute Gasteiger partial charge is 0.354 e. The predicted molar refractivity (Wildman–Crippen MR) is 69.4 cm³/mol. The maximum absolute atomic E-state index is 10.9. The van der Waals surface area contributed by atoms with Crippen LogP contribution in [0.15, 0.2) is 42.6 Å². The molecule has 1 aromatic heterocycles. The molecular formula is C13H11N3O3. The van der Waals surface area contributed by atoms with Gasteiger partial charge < -0.3 is 16.2 Å². The summed E-state index contributed by atoms with van der Waals surface area (Å²) in [6, 6.07) is 9.61. The van der Waals surface area contributed by atoms with E-state index in [2.05, 4.69) is 10.3 Å². The summed E-state index contributed by atoms with van der Waals surface area (Å²) in [4.78, 5) is 25.4. The molecule has 0 saturated heterocycles. The largest absolute Gasteiger partial charge is 0.477 e. The van der Waals surface area contributed by atoms with Gasteiger partial charge in [-0.3, -0.25) is 4.79 Å². The van der Waals surface area contributed by atoms with Crippen molar-refractivity contribution in [1.29, 1.82) is 0 Å². The van der Waals surface area contributed by atoms with Gasteiger partial charge in [0.25, 0.3) is 0 Å². The molecule has 0 fully saturated rings. The molecule has 0 spiro atoms. The van der Waals surface area contributed by atoms with E-state index < -0.39 is 11.9 Å². The van der Waals surface area contributed by atoms with Gasteiger partial charge in [0.2, 0.25) is 5.91 Å². The SMILES string of the molecule is NC(=O)c1ccc(Nc2ccnc(C(=O)O)c2)cc1. The van der Waals surface area contributed by atoms with E-state index in [1.165, 1.54) is 12.3 Å². The van der Waals surface area contributed by atoms with E-state index in [1.54, 1.807) is 30.3 Å². The van der Waals surface area contributed by atoms with Gasteiger partial charge in [-0.25, -0.2) is 9.78 Å². The predicted octanol–water partition coefficient (Wildman–Crippen LogP) is 1.62. The molecule has 6 heteroatoms. The van der Waals surface area contributed by atoms with Gasteiger partial charge in [0.15, 0.2) is 0 Å². The van der Waals surface area contributed by atoms with Gasteiger partial charge in [0.1, 0.15) is 5.69 Å². The minimum atomic E-state index is -1.09. The van der Waals surface area contributed by atoms with Crippen LogP contribution in [0.4, 0.5) is 11.4 Å². The van der Waals surface area contributed by atoms with Crippen molar-refractivity contribution >= 4 is 23.3 Å². The molecule has 19 heavy (non-hydrogen) atoms. The van der Waals surface area contributed by atoms with Crippen LogP contribution in [0.2, 0.25) is 0 Å². The molecule has 0 bridgehead atoms. The highest BCUT2D eigenvalue weighted by atomic mass is 16.4. The molecule has 0 aliphatic rings. The Morgan fingerprint density at radius 1 is 1.11 bits per heavy atom. The lowest BCUT2D eigenvalue weighted by atomic mass is 10.2. The molecule has 0 atom stereocenters. The van der Waals surface area contributed by atoms with E-state index in [0.717, 1.165) is 0 Å². The zero-order valence-corrected chi connectivity index (χ0v) is 9.83. The molecule has 4 N–H and O–H groups in total. The van der Waals surface area contributed by atoms with E-state index in [-0.39, 0.29) is 5.69 Å². The number of primary amides is 1. The van der Waals surface area contributed by atoms with E-state index in [0.29, 0.717) is 16.9 Å². The van der Waals surface area contributed by atoms with Crippen LogP contribution in [0, 0.1) is 0 Å². The minimum Gasteiger partial charge on any atom is -0.477 e. The molecule has 96 valence electrons. The van der Waals surface area contributed by atoms with Crippen molar-refractivity contribution < 1.29 is 14.7 Å². The summed E-state index contributed by atoms with van der Waals surface area (Å²) >= 11 is 0. The lowest BCUT2D eigenvalue weighted by Crippen LogP contribution is -2.10. The Bertz CT molecular complexity index is 623. The summed E-state index contributed by atoms with van der Waals surface area (Å²) in [6.45, 7) is 0. The Balaban J connectivity index is 2.19. The van der Waals surface area contributed by atoms with Crippen molar-refractivity contribution in [2.45, 2.75) is 0 Å². The first-order valence-electron chi connectivity index (χ1n) is 5.42. The first kappa shape index (κ1) is 12.6. The molecule has 0 aliphatic carbocycles. The Kier molecular flexibility index (Phi) is 3.42. The van der Waals surface area contributed by atoms with Gasteiger partial charge in [-0.1, -0.05) is 0 Å². The second-order valence-electron chi connectivity index (χ2n) is 3.80. The molecule has 2 rings (SSSR count). The third-order valence-electron chi connectivity index (χ3n) is 2.44. The van der Waals surface area contributed by atoms with Crippen LogP contribution in [-0.4, -0.2) is 22.0 Å². The normalized spacial score (nSPS) is 9.89. The number of hydrogen-bond acceptors (Lipinski definition) is 4. The summed E-state index contributed by atoms with van der Waals surface area (Å²) < 4.78 is 0. The van der Waals surface area contributed by atoms with Crippen molar-refractivity contribution in [3.05, 3.63) is 53.9 Å². The van der Waals surface area contributed by atoms with Crippen molar-refractivity contribution in [1.82, 2.24) is 4.98 Å². The number of carboxylic acids is 1. The van der Waals surface area contributed by atoms with Crippen LogP contribution in [-0.2, 0) is 0 Å². The molecule has 0 unspecified atom stereocenters. The molecule has 1 amide bonds. The van der Waals surface area contributed by atoms with E-state index >= 15 is 0 Å². The first-order valence-corrected chi connectivity index (χ1v) is 5.42. The number of nitrogens with one attached hydrogen (secondary N) is 1. The van der Waals surface area contributed by atoms with Crippen LogP contribution >= 0.6 is 0 Å². The summed E-state index contributed by atoms with van der Waals surface area (Å²) in [6.07, 6.45) is 1.41. The number of carboxylic acid groups (broad SMARTS) is 1. The quantitative estimate of drug-likeness (QED) is 0.771. The Morgan fingerprint density at radius 2 is 1.79 bits per heavy atom. The number of nitrogens with zero attached hydrogens (tertiary/aromatic N) is 1. The van der Waals surface area contributed by atoms with Crippen molar-refractivity contribution in [2.24, 2.45) is 5.73 Å². The maximum Gasteiger partial charge on any atom is 0.354 e. The molecule has 1 heterocycles. The number of anilines is 2. The second-order valence-corrected chi connectivity index (χ2v) is 3.80. The Labute approximate surface area is 108 Å². The Morgan fingerprint density at radius 3 is 2.37 bits per heavy atom. The fourth-order valence-corrected chi connectivity index (χ4v) is 1.51. The van der Waals surface area contributed by atoms with Gasteiger partial charge in [0.05, 0.1) is 0 Å². The van der Waals surface area contributed by atoms with Gasteiger partial charge in [0, 0.05) is 23.1 Å². The average Bonchev–Trinajstić information content (AvgIpc) is 2.39. The monoisotopic (exact) mass is 257 g/mol. The van der Waals surface area contributed by atoms with Crippen LogP contribution < -0.4 is 11.1 Å². The van der Waals surface area contributed by atoms with Gasteiger partial charge in [-0.15, -0.1) is 0 Å². The van der Waals surface area contributed by atoms with Gasteiger partial charge in [-0.05, 0) is 36.4 Å². The third kappa shape index (κ3) is 3.06. The molecule has 0 aliphatic heterocycles. The number of aromatic carboxylic acids is 1. The highest BCUT2D eigenvalue weighted by molar-refractivity contribution is 5.93. The molecule has 0 radical (unpaired) electrons. The van der Waals surface area contributed by atoms with Gasteiger partial charge >= 0.3 is 5.97 Å². The van der Waals surface area contributed by atoms with E-state index in [4.69, 9.17) is 10.8 Å². The number of aromatic nitrogens is 1. The van der Waals surface area contributed by atoms with Gasteiger partial charge in [-0.2, -0.15) is 0 Å². The lowest BCUT2D eigenvalue weighted by molar-refractivity contribution is 0.0690. The molecule has 0 saturated carbocycles. The number of hydrogen-bond donors (Lipinski definition) is 3. The highest BCUT2D eigenvalue weighted by Gasteiger charge is 2.05. The minimum absolute atomic E-state index is 0.0428. The summed E-state index contributed by atoms with van der Waals surface area (Å²) in [5.74, 6) is -1.59. The van der Waals surface area contributed by atoms with E-state index in [9.17, 15) is 9.59 Å². The summed E-state index contributed by atoms with van der Waals surface area (Å²) in [7, 11) is 0. The van der Waals surface area contributed by atoms with Crippen LogP contribution in [0.3, 0.4) is 0 Å². The average molecular weight is 257 g/mol. The first-order chi connectivity index (χ1) is 9.06. The van der Waals surface area contributed by atoms with Crippen molar-refractivity contribution in [3.63, 3.8) is 0 Å². The summed E-state index contributed by atoms with van der Waals surface area (Å²) in [5, 5.41) is 11.8. The molecule has 6 nitrogen and oxygen atoms in total. The lowest BCUT2D eigenvalue weighted by Gasteiger charge is -2.07. The fourth-order valence-electron chi connectivity index (χ4n) is 1.51. The van der Waals surface area contributed by atoms with Crippen LogP contribution in [0.5, 0.6) is 0 Å². The number of benzene rings is 1. The fraction of sp³-hybridized carbons (Fsp3) is 0. The molecular weight excluding hydrogens is 246 g/mol. The highest BCUT2D eigenvalue weighted by Crippen LogP contribution is 2.17.